The highest BCUT2D eigenvalue weighted by Crippen LogP contribution is 2.39. The second kappa shape index (κ2) is 13.0. The van der Waals surface area contributed by atoms with Crippen LogP contribution in [0.5, 0.6) is 0 Å². The number of hydrogen-bond donors (Lipinski definition) is 0. The number of hydrogen-bond acceptors (Lipinski definition) is 3. The Labute approximate surface area is 343 Å². The van der Waals surface area contributed by atoms with Gasteiger partial charge in [0.2, 0.25) is 11.9 Å². The SMILES string of the molecule is CC(C)(C)c1nc(-n2c3ccccc3c3ccccc32)nc(-n2c3ccccc3c3ccc(CC(C)(C)c4ccc5c(c4)c4ccccc4n5-c4ccccc4)cc32)n1. The quantitative estimate of drug-likeness (QED) is 0.169. The molecule has 59 heavy (non-hydrogen) atoms. The summed E-state index contributed by atoms with van der Waals surface area (Å²) in [6, 6.07) is 59.1. The van der Waals surface area contributed by atoms with Crippen molar-refractivity contribution in [1.29, 1.82) is 0 Å². The van der Waals surface area contributed by atoms with Gasteiger partial charge in [0.25, 0.3) is 0 Å². The number of nitrogens with zero attached hydrogens (tertiary/aromatic N) is 6. The Bertz CT molecular complexity index is 3380. The van der Waals surface area contributed by atoms with Gasteiger partial charge in [-0.25, -0.2) is 0 Å². The summed E-state index contributed by atoms with van der Waals surface area (Å²) in [5, 5.41) is 7.23. The maximum atomic E-state index is 5.36. The van der Waals surface area contributed by atoms with Crippen LogP contribution in [0.25, 0.3) is 83.0 Å². The summed E-state index contributed by atoms with van der Waals surface area (Å²) in [6.45, 7) is 11.2. The topological polar surface area (TPSA) is 53.5 Å². The lowest BCUT2D eigenvalue weighted by Crippen LogP contribution is -2.21. The molecule has 0 amide bonds. The highest BCUT2D eigenvalue weighted by atomic mass is 15.3. The van der Waals surface area contributed by atoms with E-state index in [0.29, 0.717) is 11.9 Å². The molecule has 0 N–H and O–H groups in total. The van der Waals surface area contributed by atoms with Crippen molar-refractivity contribution < 1.29 is 0 Å². The molecule has 0 aliphatic rings. The highest BCUT2D eigenvalue weighted by molar-refractivity contribution is 6.11. The molecule has 0 atom stereocenters. The van der Waals surface area contributed by atoms with Crippen LogP contribution in [0, 0.1) is 0 Å². The number of fused-ring (bicyclic) bond motifs is 9. The monoisotopic (exact) mass is 764 g/mol. The van der Waals surface area contributed by atoms with Crippen LogP contribution in [0.2, 0.25) is 0 Å². The third-order valence-electron chi connectivity index (χ3n) is 12.1. The summed E-state index contributed by atoms with van der Waals surface area (Å²) in [4.78, 5) is 15.8. The molecule has 0 saturated carbocycles. The van der Waals surface area contributed by atoms with E-state index in [9.17, 15) is 0 Å². The molecular weight excluding hydrogens is 721 g/mol. The van der Waals surface area contributed by atoms with Gasteiger partial charge in [0.15, 0.2) is 0 Å². The molecule has 0 unspecified atom stereocenters. The Balaban J connectivity index is 1.07. The van der Waals surface area contributed by atoms with Crippen molar-refractivity contribution >= 4 is 65.4 Å². The minimum absolute atomic E-state index is 0.162. The molecule has 0 aliphatic carbocycles. The second-order valence-corrected chi connectivity index (χ2v) is 17.6. The van der Waals surface area contributed by atoms with Gasteiger partial charge in [-0.05, 0) is 77.6 Å². The summed E-state index contributed by atoms with van der Waals surface area (Å²) >= 11 is 0. The number of para-hydroxylation sites is 5. The number of aromatic nitrogens is 6. The average molecular weight is 765 g/mol. The van der Waals surface area contributed by atoms with Crippen molar-refractivity contribution in [2.45, 2.75) is 51.9 Å². The van der Waals surface area contributed by atoms with Gasteiger partial charge in [0.1, 0.15) is 5.82 Å². The first-order valence-electron chi connectivity index (χ1n) is 20.5. The van der Waals surface area contributed by atoms with E-state index >= 15 is 0 Å². The smallest absolute Gasteiger partial charge is 0.239 e. The lowest BCUT2D eigenvalue weighted by molar-refractivity contribution is 0.523. The van der Waals surface area contributed by atoms with E-state index in [-0.39, 0.29) is 10.8 Å². The zero-order chi connectivity index (χ0) is 40.0. The Hall–Kier alpha value is -7.05. The van der Waals surface area contributed by atoms with E-state index in [1.54, 1.807) is 0 Å². The van der Waals surface area contributed by atoms with Gasteiger partial charge < -0.3 is 4.57 Å². The van der Waals surface area contributed by atoms with Crippen molar-refractivity contribution in [3.63, 3.8) is 0 Å². The van der Waals surface area contributed by atoms with Crippen molar-refractivity contribution in [2.24, 2.45) is 0 Å². The molecule has 7 aromatic carbocycles. The van der Waals surface area contributed by atoms with Crippen LogP contribution in [-0.2, 0) is 17.3 Å². The first-order chi connectivity index (χ1) is 28.6. The summed E-state index contributed by atoms with van der Waals surface area (Å²) in [6.07, 6.45) is 0.852. The fourth-order valence-corrected chi connectivity index (χ4v) is 9.23. The van der Waals surface area contributed by atoms with Gasteiger partial charge in [0.05, 0.1) is 33.1 Å². The molecule has 4 aromatic heterocycles. The normalized spacial score (nSPS) is 12.6. The molecule has 0 fully saturated rings. The highest BCUT2D eigenvalue weighted by Gasteiger charge is 2.27. The van der Waals surface area contributed by atoms with Gasteiger partial charge in [-0.3, -0.25) is 9.13 Å². The van der Waals surface area contributed by atoms with Crippen LogP contribution in [-0.4, -0.2) is 28.7 Å². The molecule has 0 bridgehead atoms. The first-order valence-corrected chi connectivity index (χ1v) is 20.5. The number of benzene rings is 7. The maximum absolute atomic E-state index is 5.36. The number of rotatable bonds is 6. The molecule has 11 aromatic rings. The van der Waals surface area contributed by atoms with E-state index in [2.05, 4.69) is 212 Å². The maximum Gasteiger partial charge on any atom is 0.239 e. The zero-order valence-corrected chi connectivity index (χ0v) is 34.0. The van der Waals surface area contributed by atoms with E-state index in [0.717, 1.165) is 34.3 Å². The van der Waals surface area contributed by atoms with E-state index in [1.807, 2.05) is 0 Å². The summed E-state index contributed by atoms with van der Waals surface area (Å²) in [5.41, 5.74) is 9.98. The minimum Gasteiger partial charge on any atom is -0.309 e. The molecule has 0 aliphatic heterocycles. The van der Waals surface area contributed by atoms with E-state index in [1.165, 1.54) is 60.2 Å². The largest absolute Gasteiger partial charge is 0.309 e. The first kappa shape index (κ1) is 35.1. The fraction of sp³-hybridized carbons (Fsp3) is 0.151. The standard InChI is InChI=1S/C53H44N6/c1-52(2,3)49-54-50(58-44-24-14-9-19-37(44)38-20-10-15-25-45(38)58)56-51(55-49)59-46-26-16-11-21-39(46)41-29-27-34(31-48(41)59)33-53(4,5)35-28-30-47-42(32-35)40-22-12-13-23-43(40)57(47)36-17-7-6-8-18-36/h6-32H,33H2,1-5H3. The van der Waals surface area contributed by atoms with Gasteiger partial charge >= 0.3 is 0 Å². The zero-order valence-electron chi connectivity index (χ0n) is 34.0. The molecule has 6 nitrogen and oxygen atoms in total. The molecule has 0 saturated heterocycles. The molecule has 4 heterocycles. The van der Waals surface area contributed by atoms with E-state index < -0.39 is 0 Å². The average Bonchev–Trinajstić information content (AvgIpc) is 3.89. The van der Waals surface area contributed by atoms with Gasteiger partial charge in [0, 0.05) is 43.4 Å². The van der Waals surface area contributed by atoms with Crippen molar-refractivity contribution in [3.8, 4) is 17.6 Å². The predicted molar refractivity (Wildman–Crippen MR) is 245 cm³/mol. The van der Waals surface area contributed by atoms with Gasteiger partial charge in [-0.1, -0.05) is 144 Å². The van der Waals surface area contributed by atoms with Crippen LogP contribution in [0.4, 0.5) is 0 Å². The Morgan fingerprint density at radius 2 is 0.847 bits per heavy atom. The lowest BCUT2D eigenvalue weighted by atomic mass is 9.78. The van der Waals surface area contributed by atoms with E-state index in [4.69, 9.17) is 15.0 Å². The molecule has 286 valence electrons. The van der Waals surface area contributed by atoms with Crippen molar-refractivity contribution in [2.75, 3.05) is 0 Å². The van der Waals surface area contributed by atoms with Crippen LogP contribution in [0.1, 0.15) is 51.6 Å². The fourth-order valence-electron chi connectivity index (χ4n) is 9.23. The van der Waals surface area contributed by atoms with Gasteiger partial charge in [-0.15, -0.1) is 0 Å². The molecule has 0 spiro atoms. The van der Waals surface area contributed by atoms with Crippen molar-refractivity contribution in [3.05, 3.63) is 181 Å². The Morgan fingerprint density at radius 1 is 0.390 bits per heavy atom. The third kappa shape index (κ3) is 5.58. The Kier molecular flexibility index (Phi) is 7.73. The van der Waals surface area contributed by atoms with Crippen molar-refractivity contribution in [1.82, 2.24) is 28.7 Å². The molecule has 11 rings (SSSR count). The predicted octanol–water partition coefficient (Wildman–Crippen LogP) is 13.0. The van der Waals surface area contributed by atoms with Crippen LogP contribution < -0.4 is 0 Å². The Morgan fingerprint density at radius 3 is 1.41 bits per heavy atom. The second-order valence-electron chi connectivity index (χ2n) is 17.6. The lowest BCUT2D eigenvalue weighted by Gasteiger charge is -2.26. The summed E-state index contributed by atoms with van der Waals surface area (Å²) < 4.78 is 6.83. The van der Waals surface area contributed by atoms with Gasteiger partial charge in [-0.2, -0.15) is 15.0 Å². The third-order valence-corrected chi connectivity index (χ3v) is 12.1. The molecule has 6 heteroatoms. The minimum atomic E-state index is -0.326. The summed E-state index contributed by atoms with van der Waals surface area (Å²) in [7, 11) is 0. The molecular formula is C53H44N6. The van der Waals surface area contributed by atoms with Crippen LogP contribution in [0.15, 0.2) is 164 Å². The van der Waals surface area contributed by atoms with Crippen LogP contribution >= 0.6 is 0 Å². The van der Waals surface area contributed by atoms with Crippen LogP contribution in [0.3, 0.4) is 0 Å². The summed E-state index contributed by atoms with van der Waals surface area (Å²) in [5.74, 6) is 1.97. The molecule has 0 radical (unpaired) electrons.